The Balaban J connectivity index is 1.09. The molecular formula is C62H37N3O. The van der Waals surface area contributed by atoms with Gasteiger partial charge in [0.2, 0.25) is 0 Å². The van der Waals surface area contributed by atoms with Crippen LogP contribution in [0.3, 0.4) is 0 Å². The van der Waals surface area contributed by atoms with Crippen LogP contribution >= 0.6 is 0 Å². The number of rotatable bonds is 5. The number of furan rings is 1. The van der Waals surface area contributed by atoms with Gasteiger partial charge in [-0.3, -0.25) is 4.57 Å². The molecule has 0 unspecified atom stereocenters. The van der Waals surface area contributed by atoms with Crippen LogP contribution in [0.1, 0.15) is 0 Å². The van der Waals surface area contributed by atoms with Crippen molar-refractivity contribution in [3.8, 4) is 50.7 Å². The normalized spacial score (nSPS) is 11.9. The van der Waals surface area contributed by atoms with Crippen molar-refractivity contribution in [1.29, 1.82) is 0 Å². The molecule has 0 saturated heterocycles. The Morgan fingerprint density at radius 2 is 0.879 bits per heavy atom. The van der Waals surface area contributed by atoms with E-state index >= 15 is 0 Å². The van der Waals surface area contributed by atoms with Gasteiger partial charge >= 0.3 is 0 Å². The Bertz CT molecular complexity index is 4220. The third kappa shape index (κ3) is 5.65. The number of hydrogen-bond donors (Lipinski definition) is 0. The molecule has 11 aromatic carbocycles. The summed E-state index contributed by atoms with van der Waals surface area (Å²) in [5.41, 5.74) is 11.5. The van der Waals surface area contributed by atoms with Gasteiger partial charge in [-0.1, -0.05) is 170 Å². The first-order valence-electron chi connectivity index (χ1n) is 22.5. The van der Waals surface area contributed by atoms with E-state index in [0.29, 0.717) is 5.82 Å². The molecule has 0 bridgehead atoms. The lowest BCUT2D eigenvalue weighted by molar-refractivity contribution is 0.669. The first kappa shape index (κ1) is 36.6. The minimum atomic E-state index is 0.681. The lowest BCUT2D eigenvalue weighted by atomic mass is 9.90. The first-order valence-corrected chi connectivity index (χ1v) is 22.5. The SMILES string of the molecule is c1ccc(-c2cc(-n3c4ccc(-c5cccc6ccccc56)cc4c4cc5c6cc(-c7ccc8oc9ccccc9c8c7)ccc6c6ccccc6c5cc43)nc(-c3ccccc3)n2)cc1. The summed E-state index contributed by atoms with van der Waals surface area (Å²) < 4.78 is 8.59. The van der Waals surface area contributed by atoms with Crippen molar-refractivity contribution < 1.29 is 4.42 Å². The minimum absolute atomic E-state index is 0.681. The minimum Gasteiger partial charge on any atom is -0.456 e. The summed E-state index contributed by atoms with van der Waals surface area (Å²) in [7, 11) is 0. The molecule has 14 aromatic rings. The third-order valence-corrected chi connectivity index (χ3v) is 13.6. The van der Waals surface area contributed by atoms with Gasteiger partial charge in [0, 0.05) is 38.7 Å². The van der Waals surface area contributed by atoms with E-state index in [9.17, 15) is 0 Å². The summed E-state index contributed by atoms with van der Waals surface area (Å²) in [5.74, 6) is 1.50. The Hall–Kier alpha value is -8.86. The van der Waals surface area contributed by atoms with E-state index in [4.69, 9.17) is 14.4 Å². The molecule has 66 heavy (non-hydrogen) atoms. The fourth-order valence-corrected chi connectivity index (χ4v) is 10.5. The van der Waals surface area contributed by atoms with Crippen molar-refractivity contribution in [2.75, 3.05) is 0 Å². The van der Waals surface area contributed by atoms with Crippen LogP contribution in [0.5, 0.6) is 0 Å². The Labute approximate surface area is 379 Å². The van der Waals surface area contributed by atoms with Gasteiger partial charge in [0.1, 0.15) is 17.0 Å². The van der Waals surface area contributed by atoms with Crippen molar-refractivity contribution in [3.05, 3.63) is 224 Å². The number of benzene rings is 11. The molecular weight excluding hydrogens is 803 g/mol. The van der Waals surface area contributed by atoms with E-state index in [1.165, 1.54) is 54.2 Å². The molecule has 14 rings (SSSR count). The standard InChI is InChI=1S/C62H37N3O/c1-3-15-39(16-4-1)56-37-61(64-62(63-56)40-17-5-2-6-18-40)65-57-30-27-43(45-24-13-19-38-14-7-8-20-44(38)45)34-53(57)54-35-51-50-32-41(42-28-31-60-55(33-42)49-23-11-12-25-59(49)66-60)26-29-48(50)46-21-9-10-22-47(46)52(51)36-58(54)65/h1-37H. The maximum atomic E-state index is 6.24. The van der Waals surface area contributed by atoms with Crippen molar-refractivity contribution in [2.24, 2.45) is 0 Å². The summed E-state index contributed by atoms with van der Waals surface area (Å²) in [6.07, 6.45) is 0. The highest BCUT2D eigenvalue weighted by molar-refractivity contribution is 6.29. The van der Waals surface area contributed by atoms with Gasteiger partial charge in [-0.15, -0.1) is 0 Å². The second-order valence-electron chi connectivity index (χ2n) is 17.3. The molecule has 0 fully saturated rings. The van der Waals surface area contributed by atoms with Crippen molar-refractivity contribution in [1.82, 2.24) is 14.5 Å². The monoisotopic (exact) mass is 839 g/mol. The lowest BCUT2D eigenvalue weighted by Crippen LogP contribution is -2.02. The van der Waals surface area contributed by atoms with Crippen molar-refractivity contribution in [2.45, 2.75) is 0 Å². The van der Waals surface area contributed by atoms with E-state index in [2.05, 4.69) is 193 Å². The maximum absolute atomic E-state index is 6.24. The average molecular weight is 840 g/mol. The zero-order valence-electron chi connectivity index (χ0n) is 35.6. The van der Waals surface area contributed by atoms with Gasteiger partial charge in [0.15, 0.2) is 5.82 Å². The highest BCUT2D eigenvalue weighted by Gasteiger charge is 2.21. The predicted octanol–water partition coefficient (Wildman–Crippen LogP) is 16.8. The van der Waals surface area contributed by atoms with Gasteiger partial charge in [0.25, 0.3) is 0 Å². The zero-order chi connectivity index (χ0) is 43.3. The largest absolute Gasteiger partial charge is 0.456 e. The molecule has 0 amide bonds. The van der Waals surface area contributed by atoms with Crippen molar-refractivity contribution in [3.63, 3.8) is 0 Å². The van der Waals surface area contributed by atoms with Crippen LogP contribution in [0.2, 0.25) is 0 Å². The van der Waals surface area contributed by atoms with E-state index in [1.807, 2.05) is 36.4 Å². The number of hydrogen-bond acceptors (Lipinski definition) is 3. The average Bonchev–Trinajstić information content (AvgIpc) is 3.93. The van der Waals surface area contributed by atoms with E-state index in [-0.39, 0.29) is 0 Å². The summed E-state index contributed by atoms with van der Waals surface area (Å²) in [4.78, 5) is 10.6. The Kier molecular flexibility index (Phi) is 7.95. The van der Waals surface area contributed by atoms with Crippen LogP contribution in [-0.4, -0.2) is 14.5 Å². The molecule has 306 valence electrons. The summed E-state index contributed by atoms with van der Waals surface area (Å²) in [6.45, 7) is 0. The maximum Gasteiger partial charge on any atom is 0.162 e. The highest BCUT2D eigenvalue weighted by Crippen LogP contribution is 2.44. The number of fused-ring (bicyclic) bond motifs is 13. The molecule has 0 aliphatic heterocycles. The zero-order valence-corrected chi connectivity index (χ0v) is 35.6. The predicted molar refractivity (Wildman–Crippen MR) is 275 cm³/mol. The highest BCUT2D eigenvalue weighted by atomic mass is 16.3. The molecule has 3 heterocycles. The molecule has 0 aliphatic carbocycles. The quantitative estimate of drug-likeness (QED) is 0.162. The summed E-state index contributed by atoms with van der Waals surface area (Å²) in [6, 6.07) is 80.6. The van der Waals surface area contributed by atoms with E-state index in [0.717, 1.165) is 77.5 Å². The van der Waals surface area contributed by atoms with Crippen molar-refractivity contribution >= 4 is 86.8 Å². The van der Waals surface area contributed by atoms with Gasteiger partial charge < -0.3 is 4.42 Å². The van der Waals surface area contributed by atoms with Crippen LogP contribution in [0, 0.1) is 0 Å². The lowest BCUT2D eigenvalue weighted by Gasteiger charge is -2.14. The van der Waals surface area contributed by atoms with Gasteiger partial charge in [-0.05, 0) is 114 Å². The molecule has 3 aromatic heterocycles. The van der Waals surface area contributed by atoms with Gasteiger partial charge in [0.05, 0.1) is 16.7 Å². The molecule has 0 aliphatic rings. The second kappa shape index (κ2) is 14.3. The fraction of sp³-hybridized carbons (Fsp3) is 0. The van der Waals surface area contributed by atoms with Crippen LogP contribution in [0.15, 0.2) is 229 Å². The van der Waals surface area contributed by atoms with E-state index in [1.54, 1.807) is 0 Å². The molecule has 0 spiro atoms. The Morgan fingerprint density at radius 3 is 1.71 bits per heavy atom. The molecule has 4 nitrogen and oxygen atoms in total. The first-order chi connectivity index (χ1) is 32.7. The van der Waals surface area contributed by atoms with Crippen LogP contribution in [0.25, 0.3) is 138 Å². The third-order valence-electron chi connectivity index (χ3n) is 13.6. The summed E-state index contributed by atoms with van der Waals surface area (Å²) >= 11 is 0. The Morgan fingerprint density at radius 1 is 0.303 bits per heavy atom. The molecule has 0 saturated carbocycles. The number of aromatic nitrogens is 3. The molecule has 4 heteroatoms. The molecule has 0 N–H and O–H groups in total. The topological polar surface area (TPSA) is 43.9 Å². The van der Waals surface area contributed by atoms with Crippen LogP contribution < -0.4 is 0 Å². The number of para-hydroxylation sites is 1. The second-order valence-corrected chi connectivity index (χ2v) is 17.3. The number of nitrogens with zero attached hydrogens (tertiary/aromatic N) is 3. The molecule has 0 radical (unpaired) electrons. The molecule has 0 atom stereocenters. The van der Waals surface area contributed by atoms with Gasteiger partial charge in [-0.2, -0.15) is 0 Å². The van der Waals surface area contributed by atoms with Gasteiger partial charge in [-0.25, -0.2) is 9.97 Å². The van der Waals surface area contributed by atoms with Crippen LogP contribution in [-0.2, 0) is 0 Å². The fourth-order valence-electron chi connectivity index (χ4n) is 10.5. The smallest absolute Gasteiger partial charge is 0.162 e. The summed E-state index contributed by atoms with van der Waals surface area (Å²) in [5, 5.41) is 14.3. The van der Waals surface area contributed by atoms with Crippen LogP contribution in [0.4, 0.5) is 0 Å². The van der Waals surface area contributed by atoms with E-state index < -0.39 is 0 Å².